The van der Waals surface area contributed by atoms with Gasteiger partial charge in [0.2, 0.25) is 11.8 Å². The molecule has 3 aromatic carbocycles. The van der Waals surface area contributed by atoms with Gasteiger partial charge in [-0.3, -0.25) is 19.5 Å². The quantitative estimate of drug-likeness (QED) is 0.121. The number of likely N-dealkylation sites (tertiary alicyclic amines) is 1. The number of methoxy groups -OCH3 is 1. The third kappa shape index (κ3) is 7.48. The van der Waals surface area contributed by atoms with Gasteiger partial charge in [-0.05, 0) is 93.2 Å². The first kappa shape index (κ1) is 33.1. The first-order valence-electron chi connectivity index (χ1n) is 15.7. The number of halogens is 2. The lowest BCUT2D eigenvalue weighted by atomic mass is 9.98. The van der Waals surface area contributed by atoms with Crippen molar-refractivity contribution in [2.75, 3.05) is 44.0 Å². The number of β-amino-alcohol motifs (C(OH)–C–C–N with tert-alkyl or cyclic N) is 2. The van der Waals surface area contributed by atoms with Gasteiger partial charge in [0.1, 0.15) is 17.0 Å². The number of aliphatic hydroxyl groups excluding tert-OH is 1. The van der Waals surface area contributed by atoms with E-state index >= 15 is 4.39 Å². The molecule has 6 rings (SSSR count). The van der Waals surface area contributed by atoms with Crippen molar-refractivity contribution in [1.82, 2.24) is 9.88 Å². The summed E-state index contributed by atoms with van der Waals surface area (Å²) in [5.74, 6) is -0.752. The number of anilines is 2. The average Bonchev–Trinajstić information content (AvgIpc) is 3.89. The summed E-state index contributed by atoms with van der Waals surface area (Å²) in [6.45, 7) is 2.20. The minimum atomic E-state index is -1.35. The molecule has 1 aliphatic heterocycles. The second-order valence-electron chi connectivity index (χ2n) is 12.1. The number of carbonyl (C=O) groups is 2. The van der Waals surface area contributed by atoms with Crippen molar-refractivity contribution < 1.29 is 42.8 Å². The Bertz CT molecular complexity index is 1790. The standard InChI is InChI=1S/C35H36F2N4O7/c1-46-30-17-25-27(18-31(30)47-20-21-9-14-41(15-10-21)19-32(42)43)38-13-8-28(25)48-29-7-6-24(16-26(29)37)40-34(45)35(11-12-35)33(44)39-23-4-2-22(36)3-5-23/h2-8,13,16-18,21,32,42-43H,9-12,14-15,19-20H2,1H3,(H,39,44)(H,40,45). The Morgan fingerprint density at radius 3 is 2.25 bits per heavy atom. The first-order valence-corrected chi connectivity index (χ1v) is 15.7. The number of piperidine rings is 1. The Morgan fingerprint density at radius 2 is 1.60 bits per heavy atom. The Morgan fingerprint density at radius 1 is 0.917 bits per heavy atom. The molecule has 252 valence electrons. The maximum absolute atomic E-state index is 15.3. The number of aromatic nitrogens is 1. The fourth-order valence-electron chi connectivity index (χ4n) is 5.76. The molecular formula is C35H36F2N4O7. The molecule has 0 unspecified atom stereocenters. The number of benzene rings is 3. The number of nitrogens with one attached hydrogen (secondary N) is 2. The smallest absolute Gasteiger partial charge is 0.240 e. The van der Waals surface area contributed by atoms with Gasteiger partial charge in [-0.2, -0.15) is 0 Å². The van der Waals surface area contributed by atoms with Crippen LogP contribution < -0.4 is 24.8 Å². The van der Waals surface area contributed by atoms with E-state index in [1.165, 1.54) is 49.7 Å². The van der Waals surface area contributed by atoms with Crippen molar-refractivity contribution in [2.45, 2.75) is 32.0 Å². The average molecular weight is 663 g/mol. The second-order valence-corrected chi connectivity index (χ2v) is 12.1. The Labute approximate surface area is 275 Å². The highest BCUT2D eigenvalue weighted by molar-refractivity contribution is 6.16. The Balaban J connectivity index is 1.10. The molecule has 2 aliphatic rings. The van der Waals surface area contributed by atoms with Crippen LogP contribution in [-0.4, -0.2) is 71.6 Å². The number of pyridine rings is 1. The summed E-state index contributed by atoms with van der Waals surface area (Å²) in [4.78, 5) is 32.4. The van der Waals surface area contributed by atoms with Gasteiger partial charge in [0, 0.05) is 41.6 Å². The van der Waals surface area contributed by atoms with Crippen molar-refractivity contribution in [2.24, 2.45) is 11.3 Å². The predicted molar refractivity (Wildman–Crippen MR) is 173 cm³/mol. The summed E-state index contributed by atoms with van der Waals surface area (Å²) < 4.78 is 46.2. The molecule has 11 nitrogen and oxygen atoms in total. The zero-order chi connectivity index (χ0) is 33.8. The first-order chi connectivity index (χ1) is 23.1. The molecule has 4 aromatic rings. The number of nitrogens with zero attached hydrogens (tertiary/aromatic N) is 2. The van der Waals surface area contributed by atoms with Gasteiger partial charge in [0.25, 0.3) is 0 Å². The Hall–Kier alpha value is -4.85. The van der Waals surface area contributed by atoms with E-state index in [0.29, 0.717) is 59.2 Å². The second kappa shape index (κ2) is 14.1. The van der Waals surface area contributed by atoms with E-state index in [-0.39, 0.29) is 18.0 Å². The number of rotatable bonds is 12. The van der Waals surface area contributed by atoms with E-state index in [9.17, 15) is 24.2 Å². The van der Waals surface area contributed by atoms with Crippen LogP contribution in [0.4, 0.5) is 20.2 Å². The fourth-order valence-corrected chi connectivity index (χ4v) is 5.76. The van der Waals surface area contributed by atoms with Gasteiger partial charge in [-0.1, -0.05) is 0 Å². The molecule has 48 heavy (non-hydrogen) atoms. The van der Waals surface area contributed by atoms with Gasteiger partial charge < -0.3 is 35.1 Å². The van der Waals surface area contributed by atoms with Crippen LogP contribution in [0.1, 0.15) is 25.7 Å². The molecule has 0 atom stereocenters. The van der Waals surface area contributed by atoms with Crippen LogP contribution in [0.25, 0.3) is 10.9 Å². The SMILES string of the molecule is COc1cc2c(Oc3ccc(NC(=O)C4(C(=O)Nc5ccc(F)cc5)CC4)cc3F)ccnc2cc1OCC1CCN(CC(O)O)CC1. The summed E-state index contributed by atoms with van der Waals surface area (Å²) in [6, 6.07) is 14.3. The van der Waals surface area contributed by atoms with Gasteiger partial charge in [-0.25, -0.2) is 8.78 Å². The van der Waals surface area contributed by atoms with Crippen LogP contribution in [0.2, 0.25) is 0 Å². The highest BCUT2D eigenvalue weighted by atomic mass is 19.1. The number of amides is 2. The highest BCUT2D eigenvalue weighted by Crippen LogP contribution is 2.48. The number of aliphatic hydroxyl groups is 2. The monoisotopic (exact) mass is 662 g/mol. The van der Waals surface area contributed by atoms with E-state index < -0.39 is 35.2 Å². The van der Waals surface area contributed by atoms with E-state index in [2.05, 4.69) is 15.6 Å². The third-order valence-corrected chi connectivity index (χ3v) is 8.72. The molecule has 2 amide bonds. The topological polar surface area (TPSA) is 142 Å². The van der Waals surface area contributed by atoms with Crippen LogP contribution in [0.15, 0.2) is 66.9 Å². The molecule has 13 heteroatoms. The van der Waals surface area contributed by atoms with Crippen LogP contribution >= 0.6 is 0 Å². The van der Waals surface area contributed by atoms with Gasteiger partial charge in [0.15, 0.2) is 29.4 Å². The van der Waals surface area contributed by atoms with Gasteiger partial charge in [-0.15, -0.1) is 0 Å². The predicted octanol–water partition coefficient (Wildman–Crippen LogP) is 5.07. The summed E-state index contributed by atoms with van der Waals surface area (Å²) in [5, 5.41) is 24.3. The molecule has 1 saturated carbocycles. The summed E-state index contributed by atoms with van der Waals surface area (Å²) in [7, 11) is 1.52. The van der Waals surface area contributed by atoms with Gasteiger partial charge in [0.05, 0.1) is 19.2 Å². The fraction of sp³-hybridized carbons (Fsp3) is 0.343. The van der Waals surface area contributed by atoms with E-state index in [1.807, 2.05) is 4.90 Å². The number of fused-ring (bicyclic) bond motifs is 1. The van der Waals surface area contributed by atoms with Crippen molar-refractivity contribution in [1.29, 1.82) is 0 Å². The zero-order valence-corrected chi connectivity index (χ0v) is 26.2. The molecule has 0 radical (unpaired) electrons. The minimum absolute atomic E-state index is 0.0879. The molecule has 1 aliphatic carbocycles. The zero-order valence-electron chi connectivity index (χ0n) is 26.2. The molecule has 1 aromatic heterocycles. The van der Waals surface area contributed by atoms with Crippen molar-refractivity contribution >= 4 is 34.1 Å². The largest absolute Gasteiger partial charge is 0.493 e. The molecule has 4 N–H and O–H groups in total. The normalized spacial score (nSPS) is 16.0. The van der Waals surface area contributed by atoms with E-state index in [0.717, 1.165) is 32.0 Å². The molecule has 2 heterocycles. The number of ether oxygens (including phenoxy) is 3. The lowest BCUT2D eigenvalue weighted by Gasteiger charge is -2.32. The lowest BCUT2D eigenvalue weighted by molar-refractivity contribution is -0.131. The number of hydrogen-bond acceptors (Lipinski definition) is 9. The summed E-state index contributed by atoms with van der Waals surface area (Å²) in [5.41, 5.74) is -0.217. The van der Waals surface area contributed by atoms with E-state index in [1.54, 1.807) is 18.2 Å². The molecule has 0 spiro atoms. The van der Waals surface area contributed by atoms with Crippen molar-refractivity contribution in [3.8, 4) is 23.0 Å². The van der Waals surface area contributed by atoms with Crippen molar-refractivity contribution in [3.05, 3.63) is 78.5 Å². The van der Waals surface area contributed by atoms with Crippen LogP contribution in [-0.2, 0) is 9.59 Å². The molecule has 0 bridgehead atoms. The molecule has 1 saturated heterocycles. The number of carbonyl (C=O) groups excluding carboxylic acids is 2. The van der Waals surface area contributed by atoms with Crippen LogP contribution in [0, 0.1) is 23.0 Å². The minimum Gasteiger partial charge on any atom is -0.493 e. The van der Waals surface area contributed by atoms with Crippen molar-refractivity contribution in [3.63, 3.8) is 0 Å². The molecular weight excluding hydrogens is 626 g/mol. The van der Waals surface area contributed by atoms with E-state index in [4.69, 9.17) is 14.2 Å². The maximum Gasteiger partial charge on any atom is 0.240 e. The summed E-state index contributed by atoms with van der Waals surface area (Å²) >= 11 is 0. The maximum atomic E-state index is 15.3. The Kier molecular flexibility index (Phi) is 9.71. The van der Waals surface area contributed by atoms with Crippen LogP contribution in [0.5, 0.6) is 23.0 Å². The third-order valence-electron chi connectivity index (χ3n) is 8.72. The lowest BCUT2D eigenvalue weighted by Crippen LogP contribution is -2.39. The highest BCUT2D eigenvalue weighted by Gasteiger charge is 2.56. The summed E-state index contributed by atoms with van der Waals surface area (Å²) in [6.07, 6.45) is 2.58. The van der Waals surface area contributed by atoms with Crippen LogP contribution in [0.3, 0.4) is 0 Å². The number of hydrogen-bond donors (Lipinski definition) is 4. The van der Waals surface area contributed by atoms with Gasteiger partial charge >= 0.3 is 0 Å². The molecule has 2 fully saturated rings.